The first kappa shape index (κ1) is 31.5. The van der Waals surface area contributed by atoms with Gasteiger partial charge in [-0.05, 0) is 65.4 Å². The minimum atomic E-state index is -0.131. The number of phenolic OH excluding ortho intramolecular Hbond substituents is 1. The van der Waals surface area contributed by atoms with Crippen LogP contribution in [0.2, 0.25) is 0 Å². The van der Waals surface area contributed by atoms with Crippen LogP contribution in [0.25, 0.3) is 31.2 Å². The maximum atomic E-state index is 12.8. The number of thioether (sulfide) groups is 2. The zero-order valence-electron chi connectivity index (χ0n) is 24.3. The minimum absolute atomic E-state index is 0.0484. The van der Waals surface area contributed by atoms with Crippen LogP contribution in [0.1, 0.15) is 15.9 Å². The number of fused-ring (bicyclic) bond motifs is 3. The standard InChI is InChI=1S/C35H23BrN4O3S4/c36-22-8-5-21(6-9-22)30(42)18-44-34-39-28-13-11-24(16-32(28)47-34)38-33(43)19-45-35-40-27-12-10-23(15-31(27)46-35)37-17-26-25-4-2-1-3-20(25)7-14-29(26)41/h1-17,41H,18-19H2,(H,38,43). The quantitative estimate of drug-likeness (QED) is 0.0814. The van der Waals surface area contributed by atoms with Crippen molar-refractivity contribution in [1.29, 1.82) is 0 Å². The first-order chi connectivity index (χ1) is 22.9. The number of nitrogens with one attached hydrogen (secondary N) is 1. The first-order valence-electron chi connectivity index (χ1n) is 14.3. The summed E-state index contributed by atoms with van der Waals surface area (Å²) in [6.45, 7) is 0. The Hall–Kier alpha value is -4.07. The van der Waals surface area contributed by atoms with Crippen molar-refractivity contribution in [3.05, 3.63) is 113 Å². The molecule has 47 heavy (non-hydrogen) atoms. The molecule has 1 amide bonds. The maximum absolute atomic E-state index is 12.8. The molecule has 5 aromatic carbocycles. The van der Waals surface area contributed by atoms with Crippen molar-refractivity contribution in [2.24, 2.45) is 4.99 Å². The summed E-state index contributed by atoms with van der Waals surface area (Å²) >= 11 is 9.20. The van der Waals surface area contributed by atoms with Crippen LogP contribution >= 0.6 is 62.1 Å². The van der Waals surface area contributed by atoms with E-state index in [1.54, 1.807) is 12.3 Å². The molecule has 0 aliphatic rings. The number of anilines is 1. The van der Waals surface area contributed by atoms with Crippen LogP contribution in [0.3, 0.4) is 0 Å². The Morgan fingerprint density at radius 1 is 0.830 bits per heavy atom. The first-order valence-corrected chi connectivity index (χ1v) is 18.7. The molecule has 2 N–H and O–H groups in total. The van der Waals surface area contributed by atoms with Crippen LogP contribution in [0.5, 0.6) is 5.75 Å². The number of carbonyl (C=O) groups is 2. The van der Waals surface area contributed by atoms with Gasteiger partial charge in [0, 0.05) is 27.5 Å². The topological polar surface area (TPSA) is 105 Å². The number of thiazole rings is 2. The minimum Gasteiger partial charge on any atom is -0.507 e. The Morgan fingerprint density at radius 2 is 1.53 bits per heavy atom. The maximum Gasteiger partial charge on any atom is 0.234 e. The predicted molar refractivity (Wildman–Crippen MR) is 201 cm³/mol. The average Bonchev–Trinajstić information content (AvgIpc) is 3.69. The molecule has 0 saturated heterocycles. The molecule has 0 atom stereocenters. The molecule has 0 aliphatic heterocycles. The van der Waals surface area contributed by atoms with Gasteiger partial charge in [-0.25, -0.2) is 9.97 Å². The number of halogens is 1. The second-order valence-corrected chi connectivity index (χ2v) is 15.7. The molecule has 7 aromatic rings. The molecule has 232 valence electrons. The Bertz CT molecular complexity index is 2320. The molecule has 0 unspecified atom stereocenters. The molecule has 0 saturated carbocycles. The highest BCUT2D eigenvalue weighted by Crippen LogP contribution is 2.34. The Kier molecular flexibility index (Phi) is 9.37. The van der Waals surface area contributed by atoms with Crippen molar-refractivity contribution in [3.63, 3.8) is 0 Å². The summed E-state index contributed by atoms with van der Waals surface area (Å²) in [4.78, 5) is 39.3. The number of aromatic hydroxyl groups is 1. The summed E-state index contributed by atoms with van der Waals surface area (Å²) in [6, 6.07) is 30.2. The number of benzene rings is 5. The molecule has 0 spiro atoms. The fourth-order valence-electron chi connectivity index (χ4n) is 4.81. The van der Waals surface area contributed by atoms with E-state index < -0.39 is 0 Å². The van der Waals surface area contributed by atoms with Gasteiger partial charge in [0.2, 0.25) is 5.91 Å². The van der Waals surface area contributed by atoms with Gasteiger partial charge in [0.05, 0.1) is 37.6 Å². The Labute approximate surface area is 294 Å². The van der Waals surface area contributed by atoms with Crippen LogP contribution in [0.15, 0.2) is 115 Å². The number of aromatic nitrogens is 2. The van der Waals surface area contributed by atoms with Gasteiger partial charge in [0.15, 0.2) is 14.5 Å². The average molecular weight is 756 g/mol. The number of amides is 1. The molecule has 7 rings (SSSR count). The molecule has 0 radical (unpaired) electrons. The van der Waals surface area contributed by atoms with Crippen molar-refractivity contribution in [2.75, 3.05) is 16.8 Å². The highest BCUT2D eigenvalue weighted by molar-refractivity contribution is 9.10. The summed E-state index contributed by atoms with van der Waals surface area (Å²) < 4.78 is 4.44. The van der Waals surface area contributed by atoms with Crippen molar-refractivity contribution >= 4 is 123 Å². The zero-order chi connectivity index (χ0) is 32.3. The van der Waals surface area contributed by atoms with E-state index in [4.69, 9.17) is 0 Å². The molecule has 0 aliphatic carbocycles. The molecule has 0 bridgehead atoms. The lowest BCUT2D eigenvalue weighted by atomic mass is 10.0. The van der Waals surface area contributed by atoms with Crippen LogP contribution in [0.4, 0.5) is 11.4 Å². The fourth-order valence-corrected chi connectivity index (χ4v) is 8.97. The van der Waals surface area contributed by atoms with Gasteiger partial charge in [0.25, 0.3) is 0 Å². The smallest absolute Gasteiger partial charge is 0.234 e. The van der Waals surface area contributed by atoms with Gasteiger partial charge in [-0.3, -0.25) is 14.6 Å². The van der Waals surface area contributed by atoms with E-state index >= 15 is 0 Å². The number of hydrogen-bond acceptors (Lipinski definition) is 10. The van der Waals surface area contributed by atoms with Gasteiger partial charge in [0.1, 0.15) is 5.75 Å². The van der Waals surface area contributed by atoms with E-state index in [9.17, 15) is 14.7 Å². The van der Waals surface area contributed by atoms with E-state index in [0.29, 0.717) is 22.6 Å². The van der Waals surface area contributed by atoms with Crippen molar-refractivity contribution in [3.8, 4) is 5.75 Å². The van der Waals surface area contributed by atoms with Gasteiger partial charge >= 0.3 is 0 Å². The normalized spacial score (nSPS) is 11.6. The largest absolute Gasteiger partial charge is 0.507 e. The van der Waals surface area contributed by atoms with Crippen LogP contribution in [-0.2, 0) is 4.79 Å². The summed E-state index contributed by atoms with van der Waals surface area (Å²) in [5, 5.41) is 15.4. The fraction of sp³-hybridized carbons (Fsp3) is 0.0571. The van der Waals surface area contributed by atoms with Crippen molar-refractivity contribution < 1.29 is 14.7 Å². The predicted octanol–water partition coefficient (Wildman–Crippen LogP) is 9.98. The highest BCUT2D eigenvalue weighted by atomic mass is 79.9. The summed E-state index contributed by atoms with van der Waals surface area (Å²) in [7, 11) is 0. The Balaban J connectivity index is 0.956. The molecular formula is C35H23BrN4O3S4. The number of aliphatic imine (C=N–C) groups is 1. The number of carbonyl (C=O) groups excluding carboxylic acids is 2. The van der Waals surface area contributed by atoms with E-state index in [1.807, 2.05) is 91.0 Å². The van der Waals surface area contributed by atoms with E-state index in [1.165, 1.54) is 46.2 Å². The lowest BCUT2D eigenvalue weighted by molar-refractivity contribution is -0.113. The second-order valence-electron chi connectivity index (χ2n) is 10.3. The lowest BCUT2D eigenvalue weighted by Crippen LogP contribution is -2.13. The Morgan fingerprint density at radius 3 is 2.32 bits per heavy atom. The SMILES string of the molecule is O=C(CSc1nc2ccc(N=Cc3c(O)ccc4ccccc34)cc2s1)Nc1ccc2nc(SCC(=O)c3ccc(Br)cc3)sc2c1. The third kappa shape index (κ3) is 7.42. The zero-order valence-corrected chi connectivity index (χ0v) is 29.2. The van der Waals surface area contributed by atoms with E-state index in [-0.39, 0.29) is 23.2 Å². The number of nitrogens with zero attached hydrogens (tertiary/aromatic N) is 3. The van der Waals surface area contributed by atoms with Crippen LogP contribution < -0.4 is 5.32 Å². The molecule has 12 heteroatoms. The monoisotopic (exact) mass is 754 g/mol. The number of Topliss-reactive ketones (excluding diaryl/α,β-unsaturated/α-hetero) is 1. The van der Waals surface area contributed by atoms with Crippen molar-refractivity contribution in [1.82, 2.24) is 9.97 Å². The summed E-state index contributed by atoms with van der Waals surface area (Å²) in [6.07, 6.45) is 1.69. The molecule has 0 fully saturated rings. The van der Waals surface area contributed by atoms with Gasteiger partial charge < -0.3 is 10.4 Å². The second kappa shape index (κ2) is 14.0. The summed E-state index contributed by atoms with van der Waals surface area (Å²) in [5.41, 5.74) is 4.45. The number of rotatable bonds is 10. The van der Waals surface area contributed by atoms with Gasteiger partial charge in [-0.15, -0.1) is 22.7 Å². The highest BCUT2D eigenvalue weighted by Gasteiger charge is 2.13. The van der Waals surface area contributed by atoms with Crippen molar-refractivity contribution in [2.45, 2.75) is 8.68 Å². The summed E-state index contributed by atoms with van der Waals surface area (Å²) in [5.74, 6) is 0.615. The molecule has 7 nitrogen and oxygen atoms in total. The van der Waals surface area contributed by atoms with Crippen LogP contribution in [-0.4, -0.2) is 44.5 Å². The van der Waals surface area contributed by atoms with E-state index in [0.717, 1.165) is 50.0 Å². The third-order valence-corrected chi connectivity index (χ3v) is 12.0. The third-order valence-electron chi connectivity index (χ3n) is 7.12. The number of ketones is 1. The van der Waals surface area contributed by atoms with Gasteiger partial charge in [-0.2, -0.15) is 0 Å². The number of hydrogen-bond donors (Lipinski definition) is 2. The molecule has 2 heterocycles. The van der Waals surface area contributed by atoms with Crippen LogP contribution in [0, 0.1) is 0 Å². The molecule has 2 aromatic heterocycles. The van der Waals surface area contributed by atoms with Gasteiger partial charge in [-0.1, -0.05) is 81.9 Å². The number of phenols is 1. The molecular weight excluding hydrogens is 733 g/mol. The lowest BCUT2D eigenvalue weighted by Gasteiger charge is -2.04. The van der Waals surface area contributed by atoms with E-state index in [2.05, 4.69) is 36.2 Å².